The van der Waals surface area contributed by atoms with Crippen LogP contribution in [0.4, 0.5) is 0 Å². The van der Waals surface area contributed by atoms with Gasteiger partial charge in [-0.1, -0.05) is 12.1 Å². The van der Waals surface area contributed by atoms with Crippen molar-refractivity contribution in [2.45, 2.75) is 39.0 Å². The standard InChI is InChI=1S/C21H27N5O4/c1-15(20(28)25-16(2)21(29)30-3)24-19(27)14-26(12-17-8-4-6-10-22-17)13-18-9-5-7-11-23-18/h4-11,15-16H,12-14H2,1-3H3,(H,24,27)(H,25,28)/t15-,16-/m1/s1. The Morgan fingerprint density at radius 1 is 0.933 bits per heavy atom. The summed E-state index contributed by atoms with van der Waals surface area (Å²) in [6, 6.07) is 9.58. The summed E-state index contributed by atoms with van der Waals surface area (Å²) >= 11 is 0. The van der Waals surface area contributed by atoms with E-state index in [9.17, 15) is 14.4 Å². The minimum atomic E-state index is -0.809. The normalized spacial score (nSPS) is 12.7. The molecule has 9 nitrogen and oxygen atoms in total. The van der Waals surface area contributed by atoms with Crippen LogP contribution in [0.5, 0.6) is 0 Å². The van der Waals surface area contributed by atoms with Gasteiger partial charge in [0, 0.05) is 25.5 Å². The number of nitrogens with zero attached hydrogens (tertiary/aromatic N) is 3. The molecule has 2 atom stereocenters. The molecule has 160 valence electrons. The Morgan fingerprint density at radius 2 is 1.50 bits per heavy atom. The number of pyridine rings is 2. The third kappa shape index (κ3) is 7.59. The largest absolute Gasteiger partial charge is 0.467 e. The van der Waals surface area contributed by atoms with E-state index in [1.54, 1.807) is 19.3 Å². The summed E-state index contributed by atoms with van der Waals surface area (Å²) in [4.78, 5) is 46.7. The molecule has 0 aliphatic heterocycles. The molecule has 2 N–H and O–H groups in total. The lowest BCUT2D eigenvalue weighted by Gasteiger charge is -2.23. The van der Waals surface area contributed by atoms with Crippen molar-refractivity contribution in [3.05, 3.63) is 60.2 Å². The zero-order valence-electron chi connectivity index (χ0n) is 17.4. The van der Waals surface area contributed by atoms with Crippen molar-refractivity contribution in [1.29, 1.82) is 0 Å². The summed E-state index contributed by atoms with van der Waals surface area (Å²) in [7, 11) is 1.24. The highest BCUT2D eigenvalue weighted by atomic mass is 16.5. The molecule has 2 aromatic rings. The first-order valence-corrected chi connectivity index (χ1v) is 9.58. The summed E-state index contributed by atoms with van der Waals surface area (Å²) in [5.41, 5.74) is 1.64. The second-order valence-corrected chi connectivity index (χ2v) is 6.83. The van der Waals surface area contributed by atoms with Crippen molar-refractivity contribution in [3.8, 4) is 0 Å². The van der Waals surface area contributed by atoms with Crippen molar-refractivity contribution < 1.29 is 19.1 Å². The van der Waals surface area contributed by atoms with Crippen LogP contribution in [0.15, 0.2) is 48.8 Å². The molecule has 30 heavy (non-hydrogen) atoms. The highest BCUT2D eigenvalue weighted by Crippen LogP contribution is 2.06. The van der Waals surface area contributed by atoms with Crippen LogP contribution in [0, 0.1) is 0 Å². The number of aromatic nitrogens is 2. The molecule has 0 aliphatic carbocycles. The number of hydrogen-bond donors (Lipinski definition) is 2. The van der Waals surface area contributed by atoms with Crippen molar-refractivity contribution in [2.75, 3.05) is 13.7 Å². The maximum absolute atomic E-state index is 12.6. The fourth-order valence-electron chi connectivity index (χ4n) is 2.74. The number of carbonyl (C=O) groups is 3. The zero-order valence-corrected chi connectivity index (χ0v) is 17.4. The maximum atomic E-state index is 12.6. The molecule has 0 radical (unpaired) electrons. The van der Waals surface area contributed by atoms with Gasteiger partial charge < -0.3 is 15.4 Å². The monoisotopic (exact) mass is 413 g/mol. The number of rotatable bonds is 10. The van der Waals surface area contributed by atoms with Crippen molar-refractivity contribution in [2.24, 2.45) is 0 Å². The van der Waals surface area contributed by atoms with Gasteiger partial charge in [-0.15, -0.1) is 0 Å². The van der Waals surface area contributed by atoms with E-state index in [1.165, 1.54) is 14.0 Å². The van der Waals surface area contributed by atoms with Crippen LogP contribution in [0.1, 0.15) is 25.2 Å². The van der Waals surface area contributed by atoms with Gasteiger partial charge in [0.2, 0.25) is 11.8 Å². The summed E-state index contributed by atoms with van der Waals surface area (Å²) in [6.45, 7) is 4.02. The molecule has 0 saturated heterocycles. The van der Waals surface area contributed by atoms with Gasteiger partial charge in [-0.25, -0.2) is 4.79 Å². The first-order chi connectivity index (χ1) is 14.4. The van der Waals surface area contributed by atoms with E-state index >= 15 is 0 Å². The van der Waals surface area contributed by atoms with Gasteiger partial charge in [0.25, 0.3) is 0 Å². The van der Waals surface area contributed by atoms with Gasteiger partial charge in [-0.2, -0.15) is 0 Å². The Kier molecular flexibility index (Phi) is 8.89. The third-order valence-electron chi connectivity index (χ3n) is 4.27. The molecule has 2 rings (SSSR count). The quantitative estimate of drug-likeness (QED) is 0.550. The number of nitrogens with one attached hydrogen (secondary N) is 2. The van der Waals surface area contributed by atoms with Gasteiger partial charge >= 0.3 is 5.97 Å². The number of amides is 2. The predicted molar refractivity (Wildman–Crippen MR) is 110 cm³/mol. The molecule has 9 heteroatoms. The highest BCUT2D eigenvalue weighted by molar-refractivity contribution is 5.90. The van der Waals surface area contributed by atoms with E-state index in [-0.39, 0.29) is 12.5 Å². The molecule has 2 amide bonds. The molecule has 0 fully saturated rings. The van der Waals surface area contributed by atoms with Gasteiger partial charge in [0.1, 0.15) is 12.1 Å². The van der Waals surface area contributed by atoms with E-state index in [2.05, 4.69) is 25.3 Å². The lowest BCUT2D eigenvalue weighted by atomic mass is 10.2. The molecule has 0 spiro atoms. The number of hydrogen-bond acceptors (Lipinski definition) is 7. The van der Waals surface area contributed by atoms with Gasteiger partial charge in [-0.3, -0.25) is 24.5 Å². The van der Waals surface area contributed by atoms with Crippen LogP contribution in [0.25, 0.3) is 0 Å². The number of carbonyl (C=O) groups excluding carboxylic acids is 3. The summed E-state index contributed by atoms with van der Waals surface area (Å²) in [5, 5.41) is 5.17. The molecule has 0 unspecified atom stereocenters. The SMILES string of the molecule is COC(=O)[C@@H](C)NC(=O)[C@@H](C)NC(=O)CN(Cc1ccccn1)Cc1ccccn1. The van der Waals surface area contributed by atoms with Crippen molar-refractivity contribution in [3.63, 3.8) is 0 Å². The third-order valence-corrected chi connectivity index (χ3v) is 4.27. The fourth-order valence-corrected chi connectivity index (χ4v) is 2.74. The summed E-state index contributed by atoms with van der Waals surface area (Å²) < 4.78 is 4.58. The first kappa shape index (κ1) is 23.0. The Labute approximate surface area is 175 Å². The number of esters is 1. The average Bonchev–Trinajstić information content (AvgIpc) is 2.74. The number of ether oxygens (including phenoxy) is 1. The van der Waals surface area contributed by atoms with E-state index in [1.807, 2.05) is 41.3 Å². The van der Waals surface area contributed by atoms with Crippen LogP contribution in [0.3, 0.4) is 0 Å². The van der Waals surface area contributed by atoms with Crippen molar-refractivity contribution in [1.82, 2.24) is 25.5 Å². The van der Waals surface area contributed by atoms with E-state index in [0.717, 1.165) is 11.4 Å². The van der Waals surface area contributed by atoms with Crippen molar-refractivity contribution >= 4 is 17.8 Å². The van der Waals surface area contributed by atoms with E-state index in [4.69, 9.17) is 0 Å². The average molecular weight is 413 g/mol. The Hall–Kier alpha value is -3.33. The van der Waals surface area contributed by atoms with Gasteiger partial charge in [0.05, 0.1) is 25.0 Å². The van der Waals surface area contributed by atoms with Crippen LogP contribution >= 0.6 is 0 Å². The smallest absolute Gasteiger partial charge is 0.328 e. The van der Waals surface area contributed by atoms with Crippen LogP contribution in [-0.4, -0.2) is 58.4 Å². The topological polar surface area (TPSA) is 114 Å². The number of methoxy groups -OCH3 is 1. The molecule has 0 aromatic carbocycles. The van der Waals surface area contributed by atoms with Crippen LogP contribution in [0.2, 0.25) is 0 Å². The minimum Gasteiger partial charge on any atom is -0.467 e. The van der Waals surface area contributed by atoms with Gasteiger partial charge in [-0.05, 0) is 38.1 Å². The Balaban J connectivity index is 1.97. The Bertz CT molecular complexity index is 790. The fraction of sp³-hybridized carbons (Fsp3) is 0.381. The molecular weight excluding hydrogens is 386 g/mol. The molecule has 0 saturated carbocycles. The van der Waals surface area contributed by atoms with Crippen LogP contribution in [-0.2, 0) is 32.2 Å². The van der Waals surface area contributed by atoms with Gasteiger partial charge in [0.15, 0.2) is 0 Å². The molecular formula is C21H27N5O4. The highest BCUT2D eigenvalue weighted by Gasteiger charge is 2.22. The molecule has 2 heterocycles. The summed E-state index contributed by atoms with van der Waals surface area (Å²) in [6.07, 6.45) is 3.40. The summed E-state index contributed by atoms with van der Waals surface area (Å²) in [5.74, 6) is -1.35. The maximum Gasteiger partial charge on any atom is 0.328 e. The Morgan fingerprint density at radius 3 is 1.97 bits per heavy atom. The minimum absolute atomic E-state index is 0.0529. The first-order valence-electron chi connectivity index (χ1n) is 9.58. The van der Waals surface area contributed by atoms with Crippen LogP contribution < -0.4 is 10.6 Å². The lowest BCUT2D eigenvalue weighted by molar-refractivity contribution is -0.144. The van der Waals surface area contributed by atoms with E-state index in [0.29, 0.717) is 13.1 Å². The van der Waals surface area contributed by atoms with E-state index < -0.39 is 24.0 Å². The second kappa shape index (κ2) is 11.6. The second-order valence-electron chi connectivity index (χ2n) is 6.83. The molecule has 2 aromatic heterocycles. The molecule has 0 aliphatic rings. The lowest BCUT2D eigenvalue weighted by Crippen LogP contribution is -2.51. The molecule has 0 bridgehead atoms. The zero-order chi connectivity index (χ0) is 21.9. The predicted octanol–water partition coefficient (Wildman–Crippen LogP) is 0.661.